The van der Waals surface area contributed by atoms with Crippen LogP contribution in [0.1, 0.15) is 49.4 Å². The molecule has 5 heteroatoms. The Hall–Kier alpha value is -2.56. The lowest BCUT2D eigenvalue weighted by molar-refractivity contribution is 0.574. The zero-order valence-corrected chi connectivity index (χ0v) is 17.7. The third-order valence-corrected chi connectivity index (χ3v) is 4.85. The Morgan fingerprint density at radius 3 is 2.61 bits per heavy atom. The Labute approximate surface area is 168 Å². The Balaban J connectivity index is 1.80. The average Bonchev–Trinajstić information content (AvgIpc) is 2.67. The highest BCUT2D eigenvalue weighted by Crippen LogP contribution is 2.16. The van der Waals surface area contributed by atoms with Gasteiger partial charge in [-0.1, -0.05) is 42.8 Å². The van der Waals surface area contributed by atoms with E-state index in [1.807, 2.05) is 23.6 Å². The molecule has 0 radical (unpaired) electrons. The van der Waals surface area contributed by atoms with Crippen molar-refractivity contribution in [1.82, 2.24) is 15.2 Å². The first-order chi connectivity index (χ1) is 13.5. The van der Waals surface area contributed by atoms with Crippen molar-refractivity contribution in [3.8, 4) is 0 Å². The minimum atomic E-state index is 0.0768. The molecule has 1 aromatic heterocycles. The van der Waals surface area contributed by atoms with Crippen LogP contribution < -0.4 is 16.2 Å². The molecule has 2 aromatic rings. The van der Waals surface area contributed by atoms with Gasteiger partial charge in [0.2, 0.25) is 0 Å². The molecule has 0 aliphatic rings. The molecular formula is C23H34N4O. The fourth-order valence-corrected chi connectivity index (χ4v) is 3.16. The van der Waals surface area contributed by atoms with E-state index in [1.54, 1.807) is 6.07 Å². The number of aliphatic imine (C=N–C) groups is 1. The number of guanidine groups is 1. The van der Waals surface area contributed by atoms with Gasteiger partial charge in [-0.3, -0.25) is 9.79 Å². The molecule has 0 aliphatic carbocycles. The van der Waals surface area contributed by atoms with Crippen molar-refractivity contribution in [2.45, 2.75) is 53.0 Å². The number of rotatable bonds is 9. The normalized spacial score (nSPS) is 12.6. The summed E-state index contributed by atoms with van der Waals surface area (Å²) in [7, 11) is 0. The number of aryl methyl sites for hydroxylation is 2. The van der Waals surface area contributed by atoms with Gasteiger partial charge in [-0.05, 0) is 45.2 Å². The Morgan fingerprint density at radius 2 is 1.89 bits per heavy atom. The van der Waals surface area contributed by atoms with Crippen LogP contribution in [-0.2, 0) is 6.54 Å². The molecule has 1 unspecified atom stereocenters. The maximum absolute atomic E-state index is 11.9. The Morgan fingerprint density at radius 1 is 1.11 bits per heavy atom. The van der Waals surface area contributed by atoms with Crippen LogP contribution in [-0.4, -0.2) is 30.2 Å². The van der Waals surface area contributed by atoms with Gasteiger partial charge in [-0.2, -0.15) is 0 Å². The van der Waals surface area contributed by atoms with Gasteiger partial charge >= 0.3 is 0 Å². The highest BCUT2D eigenvalue weighted by Gasteiger charge is 2.06. The highest BCUT2D eigenvalue weighted by atomic mass is 16.1. The third-order valence-electron chi connectivity index (χ3n) is 4.85. The monoisotopic (exact) mass is 382 g/mol. The van der Waals surface area contributed by atoms with Crippen LogP contribution in [0.15, 0.2) is 52.3 Å². The lowest BCUT2D eigenvalue weighted by atomic mass is 10.00. The van der Waals surface area contributed by atoms with E-state index >= 15 is 0 Å². The van der Waals surface area contributed by atoms with Crippen LogP contribution in [0.2, 0.25) is 0 Å². The molecule has 0 amide bonds. The number of hydrogen-bond acceptors (Lipinski definition) is 2. The second-order valence-corrected chi connectivity index (χ2v) is 7.33. The van der Waals surface area contributed by atoms with Crippen LogP contribution >= 0.6 is 0 Å². The molecule has 1 aromatic carbocycles. The summed E-state index contributed by atoms with van der Waals surface area (Å²) >= 11 is 0. The summed E-state index contributed by atoms with van der Waals surface area (Å²) in [5, 5.41) is 6.72. The quantitative estimate of drug-likeness (QED) is 0.396. The first-order valence-corrected chi connectivity index (χ1v) is 10.3. The van der Waals surface area contributed by atoms with E-state index in [4.69, 9.17) is 4.99 Å². The van der Waals surface area contributed by atoms with Gasteiger partial charge in [0.05, 0.1) is 0 Å². The van der Waals surface area contributed by atoms with Crippen molar-refractivity contribution in [2.75, 3.05) is 19.6 Å². The molecule has 0 spiro atoms. The van der Waals surface area contributed by atoms with Crippen LogP contribution in [0.3, 0.4) is 0 Å². The fourth-order valence-electron chi connectivity index (χ4n) is 3.16. The maximum Gasteiger partial charge on any atom is 0.250 e. The van der Waals surface area contributed by atoms with Gasteiger partial charge in [0.1, 0.15) is 0 Å². The van der Waals surface area contributed by atoms with E-state index in [0.29, 0.717) is 5.92 Å². The average molecular weight is 383 g/mol. The second kappa shape index (κ2) is 11.3. The lowest BCUT2D eigenvalue weighted by Gasteiger charge is -2.14. The molecular weight excluding hydrogens is 348 g/mol. The first-order valence-electron chi connectivity index (χ1n) is 10.3. The molecule has 28 heavy (non-hydrogen) atoms. The number of nitrogens with zero attached hydrogens (tertiary/aromatic N) is 2. The van der Waals surface area contributed by atoms with E-state index in [1.165, 1.54) is 11.1 Å². The summed E-state index contributed by atoms with van der Waals surface area (Å²) in [4.78, 5) is 16.6. The van der Waals surface area contributed by atoms with Gasteiger partial charge in [-0.15, -0.1) is 0 Å². The topological polar surface area (TPSA) is 58.4 Å². The zero-order chi connectivity index (χ0) is 20.4. The molecule has 1 heterocycles. The van der Waals surface area contributed by atoms with Crippen LogP contribution in [0.4, 0.5) is 0 Å². The largest absolute Gasteiger partial charge is 0.357 e. The molecule has 0 fully saturated rings. The van der Waals surface area contributed by atoms with E-state index in [0.717, 1.165) is 50.7 Å². The number of nitrogens with one attached hydrogen (secondary N) is 2. The molecule has 0 aliphatic heterocycles. The maximum atomic E-state index is 11.9. The summed E-state index contributed by atoms with van der Waals surface area (Å²) in [6.45, 7) is 11.6. The minimum absolute atomic E-state index is 0.0768. The molecule has 1 atom stereocenters. The zero-order valence-electron chi connectivity index (χ0n) is 17.7. The van der Waals surface area contributed by atoms with Crippen LogP contribution in [0.5, 0.6) is 0 Å². The number of unbranched alkanes of at least 4 members (excludes halogenated alkanes) is 1. The minimum Gasteiger partial charge on any atom is -0.357 e. The predicted molar refractivity (Wildman–Crippen MR) is 118 cm³/mol. The molecule has 0 saturated carbocycles. The molecule has 2 rings (SSSR count). The van der Waals surface area contributed by atoms with Gasteiger partial charge in [0, 0.05) is 43.9 Å². The Bertz CT molecular complexity index is 825. The van der Waals surface area contributed by atoms with Crippen LogP contribution in [0.25, 0.3) is 0 Å². The van der Waals surface area contributed by atoms with E-state index in [2.05, 4.69) is 55.7 Å². The van der Waals surface area contributed by atoms with Gasteiger partial charge in [0.25, 0.3) is 5.56 Å². The van der Waals surface area contributed by atoms with Crippen molar-refractivity contribution < 1.29 is 0 Å². The summed E-state index contributed by atoms with van der Waals surface area (Å²) in [5.74, 6) is 1.23. The molecule has 5 nitrogen and oxygen atoms in total. The van der Waals surface area contributed by atoms with Crippen molar-refractivity contribution >= 4 is 5.96 Å². The van der Waals surface area contributed by atoms with E-state index < -0.39 is 0 Å². The van der Waals surface area contributed by atoms with Crippen molar-refractivity contribution in [2.24, 2.45) is 4.99 Å². The molecule has 2 N–H and O–H groups in total. The molecule has 152 valence electrons. The number of aromatic nitrogens is 1. The molecule has 0 saturated heterocycles. The van der Waals surface area contributed by atoms with Crippen molar-refractivity contribution in [3.63, 3.8) is 0 Å². The number of hydrogen-bond donors (Lipinski definition) is 2. The van der Waals surface area contributed by atoms with Crippen LogP contribution in [0, 0.1) is 13.8 Å². The predicted octanol–water partition coefficient (Wildman–Crippen LogP) is 3.60. The smallest absolute Gasteiger partial charge is 0.250 e. The van der Waals surface area contributed by atoms with Gasteiger partial charge in [0.15, 0.2) is 5.96 Å². The number of benzene rings is 1. The van der Waals surface area contributed by atoms with Crippen molar-refractivity contribution in [3.05, 3.63) is 69.6 Å². The molecule has 0 bridgehead atoms. The fraction of sp³-hybridized carbons (Fsp3) is 0.478. The number of pyridine rings is 1. The Kier molecular flexibility index (Phi) is 8.79. The van der Waals surface area contributed by atoms with Gasteiger partial charge in [-0.25, -0.2) is 0 Å². The van der Waals surface area contributed by atoms with E-state index in [9.17, 15) is 4.79 Å². The van der Waals surface area contributed by atoms with Crippen molar-refractivity contribution in [1.29, 1.82) is 0 Å². The summed E-state index contributed by atoms with van der Waals surface area (Å²) in [6.07, 6.45) is 1.94. The second-order valence-electron chi connectivity index (χ2n) is 7.33. The van der Waals surface area contributed by atoms with E-state index in [-0.39, 0.29) is 5.56 Å². The summed E-state index contributed by atoms with van der Waals surface area (Å²) in [6, 6.07) is 14.0. The summed E-state index contributed by atoms with van der Waals surface area (Å²) in [5.41, 5.74) is 3.70. The highest BCUT2D eigenvalue weighted by molar-refractivity contribution is 5.79. The lowest BCUT2D eigenvalue weighted by Crippen LogP contribution is -2.38. The third kappa shape index (κ3) is 6.87. The first kappa shape index (κ1) is 21.7. The standard InChI is InChI=1S/C23H34N4O/c1-5-24-23(26-17-19(3)21-12-8-10-18(2)16-21)25-14-6-7-15-27-20(4)11-9-13-22(27)28/h8-13,16,19H,5-7,14-15,17H2,1-4H3,(H2,24,25,26). The summed E-state index contributed by atoms with van der Waals surface area (Å²) < 4.78 is 1.84. The SMILES string of the molecule is CCNC(=NCC(C)c1cccc(C)c1)NCCCCn1c(C)cccc1=O. The van der Waals surface area contributed by atoms with Gasteiger partial charge < -0.3 is 15.2 Å².